The first kappa shape index (κ1) is 15.5. The van der Waals surface area contributed by atoms with Gasteiger partial charge in [0.15, 0.2) is 5.16 Å². The highest BCUT2D eigenvalue weighted by molar-refractivity contribution is 7.99. The number of halogens is 1. The molecule has 1 heterocycles. The maximum atomic E-state index is 12.9. The number of carbonyl (C=O) groups is 1. The molecule has 1 aromatic carbocycles. The van der Waals surface area contributed by atoms with E-state index in [0.717, 1.165) is 16.5 Å². The van der Waals surface area contributed by atoms with E-state index in [1.807, 2.05) is 18.5 Å². The summed E-state index contributed by atoms with van der Waals surface area (Å²) < 4.78 is 14.8. The molecule has 0 saturated carbocycles. The van der Waals surface area contributed by atoms with Gasteiger partial charge < -0.3 is 10.3 Å². The SMILES string of the molecule is C[C@H](Sc1nnc(CCC(N)=O)n1C)c1ccc(F)cc1. The van der Waals surface area contributed by atoms with Crippen molar-refractivity contribution in [1.82, 2.24) is 14.8 Å². The van der Waals surface area contributed by atoms with Crippen LogP contribution in [0.25, 0.3) is 0 Å². The molecule has 5 nitrogen and oxygen atoms in total. The molecule has 0 aliphatic carbocycles. The summed E-state index contributed by atoms with van der Waals surface area (Å²) in [6.07, 6.45) is 0.731. The molecular weight excluding hydrogens is 291 g/mol. The highest BCUT2D eigenvalue weighted by Gasteiger charge is 2.14. The molecule has 1 amide bonds. The molecule has 0 saturated heterocycles. The molecule has 0 spiro atoms. The third-order valence-electron chi connectivity index (χ3n) is 3.14. The van der Waals surface area contributed by atoms with Crippen LogP contribution in [0.15, 0.2) is 29.4 Å². The summed E-state index contributed by atoms with van der Waals surface area (Å²) in [5.74, 6) is 0.123. The van der Waals surface area contributed by atoms with Crippen molar-refractivity contribution in [3.63, 3.8) is 0 Å². The number of hydrogen-bond acceptors (Lipinski definition) is 4. The maximum absolute atomic E-state index is 12.9. The number of nitrogens with two attached hydrogens (primary N) is 1. The van der Waals surface area contributed by atoms with Gasteiger partial charge in [0.05, 0.1) is 0 Å². The Morgan fingerprint density at radius 2 is 2.05 bits per heavy atom. The first-order valence-corrected chi connectivity index (χ1v) is 7.44. The van der Waals surface area contributed by atoms with Crippen molar-refractivity contribution in [3.05, 3.63) is 41.5 Å². The second-order valence-corrected chi connectivity index (χ2v) is 6.04. The van der Waals surface area contributed by atoms with Crippen molar-refractivity contribution in [1.29, 1.82) is 0 Å². The van der Waals surface area contributed by atoms with Crippen LogP contribution >= 0.6 is 11.8 Å². The molecular formula is C14H17FN4OS. The van der Waals surface area contributed by atoms with Crippen LogP contribution in [-0.4, -0.2) is 20.7 Å². The van der Waals surface area contributed by atoms with E-state index in [9.17, 15) is 9.18 Å². The Bertz CT molecular complexity index is 626. The Hall–Kier alpha value is -1.89. The highest BCUT2D eigenvalue weighted by atomic mass is 32.2. The van der Waals surface area contributed by atoms with E-state index < -0.39 is 0 Å². The van der Waals surface area contributed by atoms with Gasteiger partial charge in [-0.2, -0.15) is 0 Å². The maximum Gasteiger partial charge on any atom is 0.217 e. The average Bonchev–Trinajstić information content (AvgIpc) is 2.78. The molecule has 1 aromatic heterocycles. The van der Waals surface area contributed by atoms with Gasteiger partial charge in [-0.15, -0.1) is 10.2 Å². The number of nitrogens with zero attached hydrogens (tertiary/aromatic N) is 3. The van der Waals surface area contributed by atoms with Gasteiger partial charge >= 0.3 is 0 Å². The van der Waals surface area contributed by atoms with Crippen LogP contribution in [0.5, 0.6) is 0 Å². The summed E-state index contributed by atoms with van der Waals surface area (Å²) in [4.78, 5) is 10.8. The molecule has 2 N–H and O–H groups in total. The fourth-order valence-corrected chi connectivity index (χ4v) is 2.82. The minimum absolute atomic E-state index is 0.123. The minimum Gasteiger partial charge on any atom is -0.370 e. The summed E-state index contributed by atoms with van der Waals surface area (Å²) in [5, 5.41) is 9.08. The van der Waals surface area contributed by atoms with Crippen LogP contribution in [0.3, 0.4) is 0 Å². The van der Waals surface area contributed by atoms with Gasteiger partial charge in [-0.3, -0.25) is 4.79 Å². The Morgan fingerprint density at radius 1 is 1.38 bits per heavy atom. The second-order valence-electron chi connectivity index (χ2n) is 4.74. The Balaban J connectivity index is 2.05. The van der Waals surface area contributed by atoms with Gasteiger partial charge in [-0.1, -0.05) is 23.9 Å². The number of aromatic nitrogens is 3. The van der Waals surface area contributed by atoms with Gasteiger partial charge in [0, 0.05) is 25.1 Å². The van der Waals surface area contributed by atoms with Crippen LogP contribution in [0.1, 0.15) is 30.0 Å². The zero-order valence-electron chi connectivity index (χ0n) is 11.9. The summed E-state index contributed by atoms with van der Waals surface area (Å²) in [6.45, 7) is 2.02. The predicted octanol–water partition coefficient (Wildman–Crippen LogP) is 2.23. The number of carbonyl (C=O) groups excluding carboxylic acids is 1. The standard InChI is InChI=1S/C14H17FN4OS/c1-9(10-3-5-11(15)6-4-10)21-14-18-17-13(19(14)2)8-7-12(16)20/h3-6,9H,7-8H2,1-2H3,(H2,16,20)/t9-/m0/s1. The molecule has 2 aromatic rings. The van der Waals surface area contributed by atoms with Crippen molar-refractivity contribution in [3.8, 4) is 0 Å². The lowest BCUT2D eigenvalue weighted by molar-refractivity contribution is -0.118. The van der Waals surface area contributed by atoms with Crippen molar-refractivity contribution in [2.75, 3.05) is 0 Å². The fraction of sp³-hybridized carbons (Fsp3) is 0.357. The molecule has 112 valence electrons. The van der Waals surface area contributed by atoms with E-state index in [1.54, 1.807) is 12.1 Å². The molecule has 7 heteroatoms. The van der Waals surface area contributed by atoms with Gasteiger partial charge in [-0.05, 0) is 24.6 Å². The van der Waals surface area contributed by atoms with Crippen molar-refractivity contribution in [2.45, 2.75) is 30.2 Å². The Labute approximate surface area is 126 Å². The quantitative estimate of drug-likeness (QED) is 0.830. The lowest BCUT2D eigenvalue weighted by Gasteiger charge is -2.11. The lowest BCUT2D eigenvalue weighted by atomic mass is 10.2. The van der Waals surface area contributed by atoms with E-state index in [4.69, 9.17) is 5.73 Å². The van der Waals surface area contributed by atoms with E-state index in [0.29, 0.717) is 6.42 Å². The molecule has 0 unspecified atom stereocenters. The normalized spacial score (nSPS) is 12.3. The van der Waals surface area contributed by atoms with Gasteiger partial charge in [-0.25, -0.2) is 4.39 Å². The number of thioether (sulfide) groups is 1. The number of hydrogen-bond donors (Lipinski definition) is 1. The average molecular weight is 308 g/mol. The Morgan fingerprint density at radius 3 is 2.67 bits per heavy atom. The highest BCUT2D eigenvalue weighted by Crippen LogP contribution is 2.33. The minimum atomic E-state index is -0.355. The Kier molecular flexibility index (Phi) is 4.95. The molecule has 0 fully saturated rings. The number of aryl methyl sites for hydroxylation is 1. The molecule has 0 aliphatic rings. The van der Waals surface area contributed by atoms with E-state index in [-0.39, 0.29) is 23.4 Å². The largest absolute Gasteiger partial charge is 0.370 e. The van der Waals surface area contributed by atoms with E-state index in [2.05, 4.69) is 10.2 Å². The summed E-state index contributed by atoms with van der Waals surface area (Å²) in [5.41, 5.74) is 6.15. The van der Waals surface area contributed by atoms with Crippen molar-refractivity contribution >= 4 is 17.7 Å². The van der Waals surface area contributed by atoms with Gasteiger partial charge in [0.1, 0.15) is 11.6 Å². The topological polar surface area (TPSA) is 73.8 Å². The van der Waals surface area contributed by atoms with Crippen LogP contribution in [0.2, 0.25) is 0 Å². The summed E-state index contributed by atoms with van der Waals surface area (Å²) >= 11 is 1.53. The van der Waals surface area contributed by atoms with Crippen molar-refractivity contribution in [2.24, 2.45) is 12.8 Å². The summed E-state index contributed by atoms with van der Waals surface area (Å²) in [6, 6.07) is 6.41. The van der Waals surface area contributed by atoms with Gasteiger partial charge in [0.2, 0.25) is 5.91 Å². The lowest BCUT2D eigenvalue weighted by Crippen LogP contribution is -2.12. The number of amides is 1. The van der Waals surface area contributed by atoms with Gasteiger partial charge in [0.25, 0.3) is 0 Å². The number of benzene rings is 1. The van der Waals surface area contributed by atoms with Crippen molar-refractivity contribution < 1.29 is 9.18 Å². The van der Waals surface area contributed by atoms with E-state index >= 15 is 0 Å². The zero-order chi connectivity index (χ0) is 15.4. The zero-order valence-corrected chi connectivity index (χ0v) is 12.7. The smallest absolute Gasteiger partial charge is 0.217 e. The third kappa shape index (κ3) is 4.04. The number of primary amides is 1. The molecule has 0 radical (unpaired) electrons. The van der Waals surface area contributed by atoms with Crippen LogP contribution in [0.4, 0.5) is 4.39 Å². The van der Waals surface area contributed by atoms with Crippen LogP contribution in [-0.2, 0) is 18.3 Å². The number of rotatable bonds is 6. The van der Waals surface area contributed by atoms with Crippen LogP contribution in [0, 0.1) is 5.82 Å². The molecule has 0 aliphatic heterocycles. The monoisotopic (exact) mass is 308 g/mol. The first-order chi connectivity index (χ1) is 9.97. The molecule has 0 bridgehead atoms. The van der Waals surface area contributed by atoms with Crippen LogP contribution < -0.4 is 5.73 Å². The molecule has 2 rings (SSSR count). The first-order valence-electron chi connectivity index (χ1n) is 6.56. The molecule has 21 heavy (non-hydrogen) atoms. The fourth-order valence-electron chi connectivity index (χ4n) is 1.86. The summed E-state index contributed by atoms with van der Waals surface area (Å²) in [7, 11) is 1.86. The predicted molar refractivity (Wildman–Crippen MR) is 79.2 cm³/mol. The third-order valence-corrected chi connectivity index (χ3v) is 4.33. The molecule has 1 atom stereocenters. The second kappa shape index (κ2) is 6.71. The van der Waals surface area contributed by atoms with E-state index in [1.165, 1.54) is 23.9 Å².